The Balaban J connectivity index is 2.32. The summed E-state index contributed by atoms with van der Waals surface area (Å²) in [5.74, 6) is 1.34. The maximum absolute atomic E-state index is 6.17. The number of nitrogens with two attached hydrogens (primary N) is 1. The van der Waals surface area contributed by atoms with Crippen molar-refractivity contribution in [1.82, 2.24) is 10.1 Å². The predicted molar refractivity (Wildman–Crippen MR) is 73.3 cm³/mol. The Bertz CT molecular complexity index is 551. The predicted octanol–water partition coefficient (Wildman–Crippen LogP) is 3.31. The Morgan fingerprint density at radius 3 is 2.61 bits per heavy atom. The number of hydrogen-bond donors (Lipinski definition) is 1. The quantitative estimate of drug-likeness (QED) is 0.944. The average molecular weight is 310 g/mol. The molecule has 0 fully saturated rings. The third-order valence-corrected chi connectivity index (χ3v) is 3.41. The molecular formula is C13H16BrN3O. The van der Waals surface area contributed by atoms with E-state index in [1.807, 2.05) is 39.0 Å². The van der Waals surface area contributed by atoms with Crippen molar-refractivity contribution in [2.45, 2.75) is 32.7 Å². The molecule has 0 aliphatic heterocycles. The van der Waals surface area contributed by atoms with Crippen LogP contribution in [0.5, 0.6) is 0 Å². The fraction of sp³-hybridized carbons (Fsp3) is 0.385. The van der Waals surface area contributed by atoms with Gasteiger partial charge >= 0.3 is 0 Å². The molecule has 2 N–H and O–H groups in total. The highest BCUT2D eigenvalue weighted by Gasteiger charge is 2.19. The van der Waals surface area contributed by atoms with Gasteiger partial charge in [-0.05, 0) is 24.1 Å². The summed E-state index contributed by atoms with van der Waals surface area (Å²) in [6.07, 6.45) is 0. The van der Waals surface area contributed by atoms with E-state index < -0.39 is 0 Å². The highest BCUT2D eigenvalue weighted by Crippen LogP contribution is 2.27. The Kier molecular flexibility index (Phi) is 3.82. The van der Waals surface area contributed by atoms with Crippen LogP contribution in [0.3, 0.4) is 0 Å². The first-order valence-corrected chi connectivity index (χ1v) is 6.63. The first kappa shape index (κ1) is 13.2. The number of halogens is 1. The van der Waals surface area contributed by atoms with Gasteiger partial charge in [0, 0.05) is 10.4 Å². The molecule has 0 radical (unpaired) electrons. The molecule has 4 nitrogen and oxygen atoms in total. The molecule has 2 rings (SSSR count). The monoisotopic (exact) mass is 309 g/mol. The fourth-order valence-electron chi connectivity index (χ4n) is 1.63. The Morgan fingerprint density at radius 2 is 2.06 bits per heavy atom. The van der Waals surface area contributed by atoms with Crippen molar-refractivity contribution in [3.8, 4) is 0 Å². The van der Waals surface area contributed by atoms with Crippen LogP contribution in [0, 0.1) is 6.92 Å². The molecule has 0 bridgehead atoms. The second-order valence-corrected chi connectivity index (χ2v) is 5.50. The van der Waals surface area contributed by atoms with E-state index in [9.17, 15) is 0 Å². The van der Waals surface area contributed by atoms with Gasteiger partial charge in [0.25, 0.3) is 0 Å². The van der Waals surface area contributed by atoms with Crippen LogP contribution in [0.4, 0.5) is 0 Å². The number of benzene rings is 1. The van der Waals surface area contributed by atoms with Crippen LogP contribution in [0.25, 0.3) is 0 Å². The molecule has 5 heteroatoms. The van der Waals surface area contributed by atoms with Gasteiger partial charge < -0.3 is 10.3 Å². The number of hydrogen-bond acceptors (Lipinski definition) is 4. The van der Waals surface area contributed by atoms with Gasteiger partial charge in [-0.15, -0.1) is 0 Å². The van der Waals surface area contributed by atoms with E-state index in [4.69, 9.17) is 10.3 Å². The standard InChI is InChI=1S/C13H16BrN3O/c1-7(2)13-16-12(17-18-13)11(15)9-5-4-8(3)6-10(9)14/h4-7,11H,15H2,1-3H3. The topological polar surface area (TPSA) is 64.9 Å². The molecule has 0 aliphatic rings. The average Bonchev–Trinajstić information content (AvgIpc) is 2.77. The molecule has 1 aromatic carbocycles. The molecule has 1 unspecified atom stereocenters. The normalized spacial score (nSPS) is 13.0. The van der Waals surface area contributed by atoms with Gasteiger partial charge in [0.2, 0.25) is 5.89 Å². The summed E-state index contributed by atoms with van der Waals surface area (Å²) in [5, 5.41) is 3.95. The van der Waals surface area contributed by atoms with Crippen molar-refractivity contribution >= 4 is 15.9 Å². The van der Waals surface area contributed by atoms with Gasteiger partial charge in [0.1, 0.15) is 0 Å². The minimum Gasteiger partial charge on any atom is -0.339 e. The van der Waals surface area contributed by atoms with Gasteiger partial charge in [-0.25, -0.2) is 0 Å². The van der Waals surface area contributed by atoms with E-state index in [1.54, 1.807) is 0 Å². The van der Waals surface area contributed by atoms with E-state index in [0.29, 0.717) is 11.7 Å². The zero-order chi connectivity index (χ0) is 13.3. The lowest BCUT2D eigenvalue weighted by Crippen LogP contribution is -2.14. The lowest BCUT2D eigenvalue weighted by molar-refractivity contribution is 0.359. The second-order valence-electron chi connectivity index (χ2n) is 4.65. The second kappa shape index (κ2) is 5.20. The van der Waals surface area contributed by atoms with E-state index >= 15 is 0 Å². The van der Waals surface area contributed by atoms with Crippen LogP contribution in [0.2, 0.25) is 0 Å². The summed E-state index contributed by atoms with van der Waals surface area (Å²) in [6, 6.07) is 5.65. The third-order valence-electron chi connectivity index (χ3n) is 2.72. The highest BCUT2D eigenvalue weighted by atomic mass is 79.9. The van der Waals surface area contributed by atoms with Gasteiger partial charge in [-0.2, -0.15) is 4.98 Å². The molecule has 1 heterocycles. The molecule has 0 saturated heterocycles. The van der Waals surface area contributed by atoms with Crippen LogP contribution in [0.1, 0.15) is 48.6 Å². The maximum Gasteiger partial charge on any atom is 0.229 e. The van der Waals surface area contributed by atoms with Crippen molar-refractivity contribution in [2.24, 2.45) is 5.73 Å². The SMILES string of the molecule is Cc1ccc(C(N)c2noc(C(C)C)n2)c(Br)c1. The largest absolute Gasteiger partial charge is 0.339 e. The molecule has 0 amide bonds. The van der Waals surface area contributed by atoms with Crippen molar-refractivity contribution in [3.05, 3.63) is 45.5 Å². The van der Waals surface area contributed by atoms with E-state index in [2.05, 4.69) is 26.1 Å². The molecule has 0 spiro atoms. The molecule has 1 atom stereocenters. The number of nitrogens with zero attached hydrogens (tertiary/aromatic N) is 2. The Morgan fingerprint density at radius 1 is 1.33 bits per heavy atom. The van der Waals surface area contributed by atoms with E-state index in [1.165, 1.54) is 5.56 Å². The first-order chi connectivity index (χ1) is 8.49. The summed E-state index contributed by atoms with van der Waals surface area (Å²) in [4.78, 5) is 4.33. The fourth-order valence-corrected chi connectivity index (χ4v) is 2.37. The van der Waals surface area contributed by atoms with Crippen molar-refractivity contribution in [2.75, 3.05) is 0 Å². The lowest BCUT2D eigenvalue weighted by atomic mass is 10.1. The summed E-state index contributed by atoms with van der Waals surface area (Å²) >= 11 is 3.51. The van der Waals surface area contributed by atoms with Crippen LogP contribution >= 0.6 is 15.9 Å². The third kappa shape index (κ3) is 2.62. The minimum absolute atomic E-state index is 0.208. The van der Waals surface area contributed by atoms with E-state index in [0.717, 1.165) is 10.0 Å². The first-order valence-electron chi connectivity index (χ1n) is 5.84. The van der Waals surface area contributed by atoms with Crippen molar-refractivity contribution < 1.29 is 4.52 Å². The summed E-state index contributed by atoms with van der Waals surface area (Å²) in [6.45, 7) is 6.04. The molecule has 2 aromatic rings. The summed E-state index contributed by atoms with van der Waals surface area (Å²) in [7, 11) is 0. The number of aromatic nitrogens is 2. The van der Waals surface area contributed by atoms with Crippen LogP contribution in [-0.4, -0.2) is 10.1 Å². The Hall–Kier alpha value is -1.20. The molecule has 96 valence electrons. The maximum atomic E-state index is 6.17. The molecule has 0 aliphatic carbocycles. The minimum atomic E-state index is -0.378. The Labute approximate surface area is 115 Å². The molecule has 18 heavy (non-hydrogen) atoms. The van der Waals surface area contributed by atoms with Crippen LogP contribution in [-0.2, 0) is 0 Å². The zero-order valence-electron chi connectivity index (χ0n) is 10.6. The van der Waals surface area contributed by atoms with Gasteiger partial charge in [-0.1, -0.05) is 47.1 Å². The highest BCUT2D eigenvalue weighted by molar-refractivity contribution is 9.10. The smallest absolute Gasteiger partial charge is 0.229 e. The lowest BCUT2D eigenvalue weighted by Gasteiger charge is -2.10. The van der Waals surface area contributed by atoms with Crippen molar-refractivity contribution in [1.29, 1.82) is 0 Å². The zero-order valence-corrected chi connectivity index (χ0v) is 12.2. The van der Waals surface area contributed by atoms with Crippen molar-refractivity contribution in [3.63, 3.8) is 0 Å². The van der Waals surface area contributed by atoms with Crippen LogP contribution in [0.15, 0.2) is 27.2 Å². The van der Waals surface area contributed by atoms with E-state index in [-0.39, 0.29) is 12.0 Å². The number of rotatable bonds is 3. The summed E-state index contributed by atoms with van der Waals surface area (Å²) < 4.78 is 6.14. The molecule has 1 aromatic heterocycles. The summed E-state index contributed by atoms with van der Waals surface area (Å²) in [5.41, 5.74) is 8.30. The molecule has 0 saturated carbocycles. The number of aryl methyl sites for hydroxylation is 1. The van der Waals surface area contributed by atoms with Gasteiger partial charge in [0.05, 0.1) is 6.04 Å². The van der Waals surface area contributed by atoms with Gasteiger partial charge in [-0.3, -0.25) is 0 Å². The molecular weight excluding hydrogens is 294 g/mol. The van der Waals surface area contributed by atoms with Crippen LogP contribution < -0.4 is 5.73 Å². The van der Waals surface area contributed by atoms with Gasteiger partial charge in [0.15, 0.2) is 5.82 Å².